The summed E-state index contributed by atoms with van der Waals surface area (Å²) in [4.78, 5) is 0. The first-order valence-electron chi connectivity index (χ1n) is 8.03. The molecule has 0 radical (unpaired) electrons. The maximum Gasteiger partial charge on any atom is 0.0949 e. The summed E-state index contributed by atoms with van der Waals surface area (Å²) in [5.41, 5.74) is 1.13. The van der Waals surface area contributed by atoms with E-state index in [1.165, 1.54) is 25.7 Å². The fraction of sp³-hybridized carbons (Fsp3) is 0.500. The van der Waals surface area contributed by atoms with Crippen LogP contribution in [-0.2, 0) is 12.0 Å². The van der Waals surface area contributed by atoms with Gasteiger partial charge in [0.2, 0.25) is 0 Å². The Kier molecular flexibility index (Phi) is 4.11. The molecule has 21 heavy (non-hydrogen) atoms. The van der Waals surface area contributed by atoms with Crippen molar-refractivity contribution in [3.8, 4) is 0 Å². The van der Waals surface area contributed by atoms with Crippen LogP contribution in [-0.4, -0.2) is 14.9 Å². The van der Waals surface area contributed by atoms with Crippen molar-refractivity contribution in [3.05, 3.63) is 53.9 Å². The Labute approximate surface area is 126 Å². The Morgan fingerprint density at radius 1 is 1.19 bits per heavy atom. The molecule has 1 fully saturated rings. The van der Waals surface area contributed by atoms with Gasteiger partial charge in [0, 0.05) is 12.6 Å². The molecule has 1 aromatic carbocycles. The monoisotopic (exact) mass is 284 g/mol. The molecule has 0 spiro atoms. The maximum atomic E-state index is 11.0. The molecule has 0 aliphatic heterocycles. The van der Waals surface area contributed by atoms with Crippen molar-refractivity contribution in [3.63, 3.8) is 0 Å². The number of aromatic nitrogens is 2. The predicted octanol–water partition coefficient (Wildman–Crippen LogP) is 3.84. The first-order valence-corrected chi connectivity index (χ1v) is 8.03. The number of hydrogen-bond donors (Lipinski definition) is 1. The average molecular weight is 284 g/mol. The molecule has 1 saturated carbocycles. The summed E-state index contributed by atoms with van der Waals surface area (Å²) in [6.07, 6.45) is 8.42. The van der Waals surface area contributed by atoms with Crippen LogP contribution in [0, 0.1) is 0 Å². The van der Waals surface area contributed by atoms with Crippen molar-refractivity contribution >= 4 is 0 Å². The second-order valence-corrected chi connectivity index (χ2v) is 6.15. The Bertz CT molecular complexity index is 572. The summed E-state index contributed by atoms with van der Waals surface area (Å²) in [5, 5.41) is 15.7. The first kappa shape index (κ1) is 14.3. The number of rotatable bonds is 5. The minimum absolute atomic E-state index is 0.560. The molecule has 1 N–H and O–H groups in total. The summed E-state index contributed by atoms with van der Waals surface area (Å²) in [6.45, 7) is 2.03. The molecule has 3 nitrogen and oxygen atoms in total. The van der Waals surface area contributed by atoms with Gasteiger partial charge in [0.1, 0.15) is 0 Å². The van der Waals surface area contributed by atoms with E-state index < -0.39 is 5.60 Å². The SMILES string of the molecule is CCC(O)(Cc1ccn(C2CCCC2)n1)c1ccccc1. The van der Waals surface area contributed by atoms with Crippen molar-refractivity contribution in [2.24, 2.45) is 0 Å². The number of nitrogens with zero attached hydrogens (tertiary/aromatic N) is 2. The second-order valence-electron chi connectivity index (χ2n) is 6.15. The Balaban J connectivity index is 1.78. The zero-order chi connectivity index (χ0) is 14.7. The number of benzene rings is 1. The quantitative estimate of drug-likeness (QED) is 0.906. The van der Waals surface area contributed by atoms with Crippen LogP contribution in [0.1, 0.15) is 56.3 Å². The average Bonchev–Trinajstić information content (AvgIpc) is 3.19. The fourth-order valence-electron chi connectivity index (χ4n) is 3.32. The minimum Gasteiger partial charge on any atom is -0.385 e. The molecule has 1 aliphatic rings. The van der Waals surface area contributed by atoms with E-state index in [1.54, 1.807) is 0 Å². The molecular formula is C18H24N2O. The summed E-state index contributed by atoms with van der Waals surface area (Å²) >= 11 is 0. The minimum atomic E-state index is -0.823. The lowest BCUT2D eigenvalue weighted by atomic mass is 9.87. The first-order chi connectivity index (χ1) is 10.2. The molecule has 1 aromatic heterocycles. The Morgan fingerprint density at radius 3 is 2.57 bits per heavy atom. The number of hydrogen-bond acceptors (Lipinski definition) is 2. The second kappa shape index (κ2) is 6.02. The normalized spacial score (nSPS) is 18.8. The topological polar surface area (TPSA) is 38.0 Å². The van der Waals surface area contributed by atoms with Gasteiger partial charge in [-0.25, -0.2) is 0 Å². The largest absolute Gasteiger partial charge is 0.385 e. The van der Waals surface area contributed by atoms with Crippen LogP contribution >= 0.6 is 0 Å². The summed E-state index contributed by atoms with van der Waals surface area (Å²) < 4.78 is 2.10. The van der Waals surface area contributed by atoms with Gasteiger partial charge < -0.3 is 5.11 Å². The third kappa shape index (κ3) is 3.03. The smallest absolute Gasteiger partial charge is 0.0949 e. The van der Waals surface area contributed by atoms with Crippen LogP contribution in [0.15, 0.2) is 42.6 Å². The zero-order valence-corrected chi connectivity index (χ0v) is 12.7. The van der Waals surface area contributed by atoms with Gasteiger partial charge in [0.05, 0.1) is 17.3 Å². The van der Waals surface area contributed by atoms with Gasteiger partial charge in [-0.15, -0.1) is 0 Å². The standard InChI is InChI=1S/C18H24N2O/c1-2-18(21,15-8-4-3-5-9-15)14-16-12-13-20(19-16)17-10-6-7-11-17/h3-5,8-9,12-13,17,21H,2,6-7,10-11,14H2,1H3. The van der Waals surface area contributed by atoms with Crippen molar-refractivity contribution in [2.45, 2.75) is 57.1 Å². The van der Waals surface area contributed by atoms with Gasteiger partial charge >= 0.3 is 0 Å². The van der Waals surface area contributed by atoms with E-state index in [0.717, 1.165) is 11.3 Å². The van der Waals surface area contributed by atoms with E-state index >= 15 is 0 Å². The lowest BCUT2D eigenvalue weighted by molar-refractivity contribution is 0.0315. The third-order valence-electron chi connectivity index (χ3n) is 4.73. The van der Waals surface area contributed by atoms with Crippen LogP contribution in [0.3, 0.4) is 0 Å². The molecule has 1 atom stereocenters. The van der Waals surface area contributed by atoms with Gasteiger partial charge in [-0.05, 0) is 30.9 Å². The highest BCUT2D eigenvalue weighted by molar-refractivity contribution is 5.24. The molecule has 0 amide bonds. The molecule has 112 valence electrons. The Hall–Kier alpha value is -1.61. The lowest BCUT2D eigenvalue weighted by Crippen LogP contribution is -2.28. The molecule has 0 saturated heterocycles. The highest BCUT2D eigenvalue weighted by Crippen LogP contribution is 2.31. The fourth-order valence-corrected chi connectivity index (χ4v) is 3.32. The molecule has 2 aromatic rings. The van der Waals surface area contributed by atoms with Crippen LogP contribution in [0.5, 0.6) is 0 Å². The van der Waals surface area contributed by atoms with Crippen molar-refractivity contribution < 1.29 is 5.11 Å². The third-order valence-corrected chi connectivity index (χ3v) is 4.73. The van der Waals surface area contributed by atoms with E-state index in [-0.39, 0.29) is 0 Å². The summed E-state index contributed by atoms with van der Waals surface area (Å²) in [5.74, 6) is 0. The molecule has 0 bridgehead atoms. The van der Waals surface area contributed by atoms with Crippen LogP contribution in [0.25, 0.3) is 0 Å². The maximum absolute atomic E-state index is 11.0. The lowest BCUT2D eigenvalue weighted by Gasteiger charge is -2.26. The molecular weight excluding hydrogens is 260 g/mol. The highest BCUT2D eigenvalue weighted by Gasteiger charge is 2.28. The van der Waals surface area contributed by atoms with Crippen LogP contribution < -0.4 is 0 Å². The van der Waals surface area contributed by atoms with Gasteiger partial charge in [0.15, 0.2) is 0 Å². The highest BCUT2D eigenvalue weighted by atomic mass is 16.3. The van der Waals surface area contributed by atoms with Crippen molar-refractivity contribution in [1.29, 1.82) is 0 Å². The van der Waals surface area contributed by atoms with Gasteiger partial charge in [0.25, 0.3) is 0 Å². The van der Waals surface area contributed by atoms with E-state index in [1.807, 2.05) is 37.3 Å². The van der Waals surface area contributed by atoms with Crippen molar-refractivity contribution in [1.82, 2.24) is 9.78 Å². The van der Waals surface area contributed by atoms with E-state index in [2.05, 4.69) is 16.9 Å². The summed E-state index contributed by atoms with van der Waals surface area (Å²) in [6, 6.07) is 12.6. The Morgan fingerprint density at radius 2 is 1.90 bits per heavy atom. The molecule has 1 unspecified atom stereocenters. The summed E-state index contributed by atoms with van der Waals surface area (Å²) in [7, 11) is 0. The number of aliphatic hydroxyl groups is 1. The van der Waals surface area contributed by atoms with E-state index in [9.17, 15) is 5.11 Å². The molecule has 3 heteroatoms. The van der Waals surface area contributed by atoms with E-state index in [4.69, 9.17) is 5.10 Å². The predicted molar refractivity (Wildman–Crippen MR) is 84.1 cm³/mol. The molecule has 1 aliphatic carbocycles. The van der Waals surface area contributed by atoms with Gasteiger partial charge in [-0.3, -0.25) is 4.68 Å². The molecule has 3 rings (SSSR count). The van der Waals surface area contributed by atoms with Crippen LogP contribution in [0.2, 0.25) is 0 Å². The van der Waals surface area contributed by atoms with E-state index in [0.29, 0.717) is 18.9 Å². The van der Waals surface area contributed by atoms with Crippen LogP contribution in [0.4, 0.5) is 0 Å². The van der Waals surface area contributed by atoms with Gasteiger partial charge in [-0.2, -0.15) is 5.10 Å². The van der Waals surface area contributed by atoms with Crippen molar-refractivity contribution in [2.75, 3.05) is 0 Å². The zero-order valence-electron chi connectivity index (χ0n) is 12.7. The molecule has 1 heterocycles. The van der Waals surface area contributed by atoms with Gasteiger partial charge in [-0.1, -0.05) is 50.1 Å².